The SMILES string of the molecule is Nc1ccc(OCC2CCCC2)c(S(N)(=O)=O)c1. The number of ether oxygens (including phenoxy) is 1. The highest BCUT2D eigenvalue weighted by Crippen LogP contribution is 2.29. The molecule has 1 aromatic carbocycles. The van der Waals surface area contributed by atoms with Crippen molar-refractivity contribution in [2.75, 3.05) is 12.3 Å². The van der Waals surface area contributed by atoms with Crippen LogP contribution in [-0.4, -0.2) is 15.0 Å². The zero-order chi connectivity index (χ0) is 13.2. The first-order chi connectivity index (χ1) is 8.47. The van der Waals surface area contributed by atoms with Crippen LogP contribution in [0.25, 0.3) is 0 Å². The van der Waals surface area contributed by atoms with Crippen molar-refractivity contribution in [2.45, 2.75) is 30.6 Å². The van der Waals surface area contributed by atoms with E-state index in [2.05, 4.69) is 0 Å². The molecule has 0 heterocycles. The number of nitrogen functional groups attached to an aromatic ring is 1. The Bertz CT molecular complexity index is 522. The second-order valence-electron chi connectivity index (χ2n) is 4.71. The first-order valence-corrected chi connectivity index (χ1v) is 7.56. The van der Waals surface area contributed by atoms with Gasteiger partial charge in [-0.1, -0.05) is 12.8 Å². The van der Waals surface area contributed by atoms with E-state index in [9.17, 15) is 8.42 Å². The molecule has 2 rings (SSSR count). The molecule has 0 amide bonds. The van der Waals surface area contributed by atoms with E-state index in [1.165, 1.54) is 18.9 Å². The lowest BCUT2D eigenvalue weighted by Gasteiger charge is -2.14. The number of primary sulfonamides is 1. The van der Waals surface area contributed by atoms with Crippen LogP contribution < -0.4 is 15.6 Å². The van der Waals surface area contributed by atoms with Crippen LogP contribution in [0.15, 0.2) is 23.1 Å². The van der Waals surface area contributed by atoms with Gasteiger partial charge in [-0.05, 0) is 37.0 Å². The number of nitrogens with two attached hydrogens (primary N) is 2. The largest absolute Gasteiger partial charge is 0.492 e. The molecule has 1 fully saturated rings. The minimum Gasteiger partial charge on any atom is -0.492 e. The molecule has 0 saturated heterocycles. The number of benzene rings is 1. The van der Waals surface area contributed by atoms with Gasteiger partial charge in [0.25, 0.3) is 0 Å². The zero-order valence-corrected chi connectivity index (χ0v) is 10.9. The predicted octanol–water partition coefficient (Wildman–Crippen LogP) is 1.49. The predicted molar refractivity (Wildman–Crippen MR) is 69.7 cm³/mol. The summed E-state index contributed by atoms with van der Waals surface area (Å²) < 4.78 is 28.5. The van der Waals surface area contributed by atoms with Gasteiger partial charge in [-0.25, -0.2) is 13.6 Å². The van der Waals surface area contributed by atoms with Crippen LogP contribution in [0.4, 0.5) is 5.69 Å². The maximum absolute atomic E-state index is 11.4. The van der Waals surface area contributed by atoms with E-state index in [-0.39, 0.29) is 4.90 Å². The molecular formula is C12H18N2O3S. The third-order valence-corrected chi connectivity index (χ3v) is 4.16. The van der Waals surface area contributed by atoms with E-state index in [1.807, 2.05) is 0 Å². The fraction of sp³-hybridized carbons (Fsp3) is 0.500. The van der Waals surface area contributed by atoms with Gasteiger partial charge >= 0.3 is 0 Å². The molecule has 4 N–H and O–H groups in total. The summed E-state index contributed by atoms with van der Waals surface area (Å²) in [6, 6.07) is 4.50. The van der Waals surface area contributed by atoms with Crippen molar-refractivity contribution in [1.29, 1.82) is 0 Å². The average molecular weight is 270 g/mol. The van der Waals surface area contributed by atoms with E-state index in [0.717, 1.165) is 12.8 Å². The Labute approximate surface area is 107 Å². The van der Waals surface area contributed by atoms with E-state index < -0.39 is 10.0 Å². The van der Waals surface area contributed by atoms with Crippen molar-refractivity contribution in [2.24, 2.45) is 11.1 Å². The minimum atomic E-state index is -3.81. The lowest BCUT2D eigenvalue weighted by molar-refractivity contribution is 0.246. The maximum Gasteiger partial charge on any atom is 0.241 e. The molecule has 1 aromatic rings. The highest BCUT2D eigenvalue weighted by Gasteiger charge is 2.19. The minimum absolute atomic E-state index is 0.0412. The smallest absolute Gasteiger partial charge is 0.241 e. The summed E-state index contributed by atoms with van der Waals surface area (Å²) in [4.78, 5) is -0.0412. The summed E-state index contributed by atoms with van der Waals surface area (Å²) in [5.74, 6) is 0.800. The molecule has 0 aliphatic heterocycles. The van der Waals surface area contributed by atoms with Crippen LogP contribution >= 0.6 is 0 Å². The molecule has 0 atom stereocenters. The number of rotatable bonds is 4. The molecule has 0 unspecified atom stereocenters. The summed E-state index contributed by atoms with van der Waals surface area (Å²) in [5.41, 5.74) is 5.92. The monoisotopic (exact) mass is 270 g/mol. The van der Waals surface area contributed by atoms with E-state index in [0.29, 0.717) is 24.0 Å². The summed E-state index contributed by atoms with van der Waals surface area (Å²) in [5, 5.41) is 5.15. The topological polar surface area (TPSA) is 95.4 Å². The molecule has 0 spiro atoms. The van der Waals surface area contributed by atoms with Crippen LogP contribution in [-0.2, 0) is 10.0 Å². The normalized spacial score (nSPS) is 16.9. The van der Waals surface area contributed by atoms with E-state index in [1.54, 1.807) is 12.1 Å². The van der Waals surface area contributed by atoms with Gasteiger partial charge < -0.3 is 10.5 Å². The molecule has 1 saturated carbocycles. The molecule has 1 aliphatic rings. The Morgan fingerprint density at radius 1 is 1.28 bits per heavy atom. The summed E-state index contributed by atoms with van der Waals surface area (Å²) in [7, 11) is -3.81. The van der Waals surface area contributed by atoms with Gasteiger partial charge in [-0.15, -0.1) is 0 Å². The van der Waals surface area contributed by atoms with Gasteiger partial charge in [0, 0.05) is 5.69 Å². The van der Waals surface area contributed by atoms with Crippen molar-refractivity contribution >= 4 is 15.7 Å². The first kappa shape index (κ1) is 13.2. The zero-order valence-electron chi connectivity index (χ0n) is 10.1. The quantitative estimate of drug-likeness (QED) is 0.810. The number of anilines is 1. The molecule has 100 valence electrons. The van der Waals surface area contributed by atoms with Crippen molar-refractivity contribution in [3.05, 3.63) is 18.2 Å². The Kier molecular flexibility index (Phi) is 3.77. The van der Waals surface area contributed by atoms with Gasteiger partial charge in [-0.2, -0.15) is 0 Å². The molecule has 1 aliphatic carbocycles. The van der Waals surface area contributed by atoms with Gasteiger partial charge in [0.05, 0.1) is 6.61 Å². The fourth-order valence-electron chi connectivity index (χ4n) is 2.25. The van der Waals surface area contributed by atoms with Crippen LogP contribution in [0.1, 0.15) is 25.7 Å². The van der Waals surface area contributed by atoms with Gasteiger partial charge in [-0.3, -0.25) is 0 Å². The Morgan fingerprint density at radius 2 is 1.94 bits per heavy atom. The Hall–Kier alpha value is -1.27. The van der Waals surface area contributed by atoms with Crippen molar-refractivity contribution in [3.63, 3.8) is 0 Å². The highest BCUT2D eigenvalue weighted by molar-refractivity contribution is 7.89. The first-order valence-electron chi connectivity index (χ1n) is 6.02. The maximum atomic E-state index is 11.4. The Balaban J connectivity index is 2.16. The van der Waals surface area contributed by atoms with Gasteiger partial charge in [0.1, 0.15) is 10.6 Å². The molecule has 6 heteroatoms. The van der Waals surface area contributed by atoms with Gasteiger partial charge in [0.2, 0.25) is 10.0 Å². The standard InChI is InChI=1S/C12H18N2O3S/c13-10-5-6-11(12(7-10)18(14,15)16)17-8-9-3-1-2-4-9/h5-7,9H,1-4,8,13H2,(H2,14,15,16). The third-order valence-electron chi connectivity index (χ3n) is 3.22. The number of sulfonamides is 1. The molecule has 0 radical (unpaired) electrons. The Morgan fingerprint density at radius 3 is 2.56 bits per heavy atom. The van der Waals surface area contributed by atoms with Crippen LogP contribution in [0.2, 0.25) is 0 Å². The van der Waals surface area contributed by atoms with Crippen molar-refractivity contribution in [3.8, 4) is 5.75 Å². The second kappa shape index (κ2) is 5.16. The molecule has 0 bridgehead atoms. The van der Waals surface area contributed by atoms with Crippen molar-refractivity contribution in [1.82, 2.24) is 0 Å². The molecule has 18 heavy (non-hydrogen) atoms. The molecule has 5 nitrogen and oxygen atoms in total. The second-order valence-corrected chi connectivity index (χ2v) is 6.24. The van der Waals surface area contributed by atoms with Crippen LogP contribution in [0, 0.1) is 5.92 Å². The van der Waals surface area contributed by atoms with Gasteiger partial charge in [0.15, 0.2) is 0 Å². The van der Waals surface area contributed by atoms with Crippen LogP contribution in [0.5, 0.6) is 5.75 Å². The average Bonchev–Trinajstić information content (AvgIpc) is 2.79. The number of hydrogen-bond donors (Lipinski definition) is 2. The lowest BCUT2D eigenvalue weighted by atomic mass is 10.1. The van der Waals surface area contributed by atoms with E-state index >= 15 is 0 Å². The molecule has 0 aromatic heterocycles. The fourth-order valence-corrected chi connectivity index (χ4v) is 2.96. The third kappa shape index (κ3) is 3.14. The molecular weight excluding hydrogens is 252 g/mol. The summed E-state index contributed by atoms with van der Waals surface area (Å²) >= 11 is 0. The number of hydrogen-bond acceptors (Lipinski definition) is 4. The van der Waals surface area contributed by atoms with Crippen LogP contribution in [0.3, 0.4) is 0 Å². The highest BCUT2D eigenvalue weighted by atomic mass is 32.2. The van der Waals surface area contributed by atoms with E-state index in [4.69, 9.17) is 15.6 Å². The van der Waals surface area contributed by atoms with Crippen molar-refractivity contribution < 1.29 is 13.2 Å². The summed E-state index contributed by atoms with van der Waals surface area (Å²) in [6.45, 7) is 0.534. The summed E-state index contributed by atoms with van der Waals surface area (Å²) in [6.07, 6.45) is 4.72. The lowest BCUT2D eigenvalue weighted by Crippen LogP contribution is -2.16.